The van der Waals surface area contributed by atoms with Crippen LogP contribution in [0.1, 0.15) is 24.0 Å². The predicted octanol–water partition coefficient (Wildman–Crippen LogP) is 1.15. The molecular weight excluding hydrogens is 549 g/mol. The highest BCUT2D eigenvalue weighted by atomic mass is 32.2. The predicted molar refractivity (Wildman–Crippen MR) is 133 cm³/mol. The molecule has 6 rings (SSSR count). The van der Waals surface area contributed by atoms with Gasteiger partial charge in [0, 0.05) is 18.7 Å². The SMILES string of the molecule is CS(=O)(=O)NCc1csc2c1S(=O)(=O)N=C(C1C(=O)C3C4CCC(O4)C3N(Cc3ccsc3)C1=O)N2. The number of ether oxygens (including phenoxy) is 1. The van der Waals surface area contributed by atoms with Gasteiger partial charge in [-0.25, -0.2) is 13.1 Å². The molecule has 15 heteroatoms. The van der Waals surface area contributed by atoms with Crippen LogP contribution in [0.2, 0.25) is 0 Å². The van der Waals surface area contributed by atoms with Crippen LogP contribution < -0.4 is 10.0 Å². The highest BCUT2D eigenvalue weighted by Crippen LogP contribution is 2.47. The number of carbonyl (C=O) groups is 2. The first-order chi connectivity index (χ1) is 17.0. The van der Waals surface area contributed by atoms with Gasteiger partial charge in [0.2, 0.25) is 15.9 Å². The summed E-state index contributed by atoms with van der Waals surface area (Å²) in [5.74, 6) is -3.03. The molecule has 1 amide bonds. The molecule has 0 radical (unpaired) electrons. The molecule has 0 saturated carbocycles. The lowest BCUT2D eigenvalue weighted by atomic mass is 9.73. The number of carbonyl (C=O) groups excluding carboxylic acids is 2. The van der Waals surface area contributed by atoms with Crippen LogP contribution in [0.4, 0.5) is 5.00 Å². The van der Waals surface area contributed by atoms with Crippen LogP contribution in [0.3, 0.4) is 0 Å². The number of piperidine rings is 1. The molecule has 6 heterocycles. The Balaban J connectivity index is 1.36. The molecule has 0 aliphatic carbocycles. The Kier molecular flexibility index (Phi) is 5.66. The smallest absolute Gasteiger partial charge is 0.287 e. The first-order valence-corrected chi connectivity index (χ1v) is 16.4. The number of thiophene rings is 2. The Morgan fingerprint density at radius 1 is 1.25 bits per heavy atom. The third-order valence-electron chi connectivity index (χ3n) is 7.00. The molecule has 2 bridgehead atoms. The summed E-state index contributed by atoms with van der Waals surface area (Å²) in [4.78, 5) is 29.0. The van der Waals surface area contributed by atoms with Gasteiger partial charge in [-0.2, -0.15) is 19.8 Å². The van der Waals surface area contributed by atoms with Crippen LogP contribution in [0, 0.1) is 11.8 Å². The summed E-state index contributed by atoms with van der Waals surface area (Å²) in [5.41, 5.74) is 1.16. The van der Waals surface area contributed by atoms with E-state index in [0.29, 0.717) is 6.54 Å². The van der Waals surface area contributed by atoms with Crippen molar-refractivity contribution in [2.24, 2.45) is 16.2 Å². The monoisotopic (exact) mass is 570 g/mol. The summed E-state index contributed by atoms with van der Waals surface area (Å²) in [6.45, 7) is 0.0712. The standard InChI is InChI=1S/C21H22N4O7S4/c1-35(28,29)22-6-11-9-34-20-18(11)36(30,31)24-19(23-20)15-17(26)14-12-2-3-13(32-12)16(14)25(21(15)27)7-10-4-5-33-8-10/h4-5,8-9,12-16,22H,2-3,6-7H2,1H3,(H,23,24). The Morgan fingerprint density at radius 3 is 2.75 bits per heavy atom. The second-order valence-corrected chi connectivity index (χ2v) is 14.4. The second-order valence-electron chi connectivity index (χ2n) is 9.33. The van der Waals surface area contributed by atoms with E-state index in [9.17, 15) is 26.4 Å². The number of amides is 1. The van der Waals surface area contributed by atoms with Crippen LogP contribution in [-0.2, 0) is 47.5 Å². The summed E-state index contributed by atoms with van der Waals surface area (Å²) in [6, 6.07) is 1.53. The lowest BCUT2D eigenvalue weighted by Gasteiger charge is -2.43. The van der Waals surface area contributed by atoms with Gasteiger partial charge in [0.15, 0.2) is 11.7 Å². The van der Waals surface area contributed by atoms with Gasteiger partial charge in [0.05, 0.1) is 30.4 Å². The van der Waals surface area contributed by atoms with E-state index in [1.54, 1.807) is 4.90 Å². The van der Waals surface area contributed by atoms with Gasteiger partial charge in [-0.3, -0.25) is 9.59 Å². The zero-order valence-electron chi connectivity index (χ0n) is 18.9. The third-order valence-corrected chi connectivity index (χ3v) is 10.9. The van der Waals surface area contributed by atoms with Crippen molar-refractivity contribution in [3.63, 3.8) is 0 Å². The van der Waals surface area contributed by atoms with Gasteiger partial charge in [-0.1, -0.05) is 0 Å². The fourth-order valence-electron chi connectivity index (χ4n) is 5.56. The molecule has 4 aliphatic rings. The number of nitrogens with zero attached hydrogens (tertiary/aromatic N) is 2. The van der Waals surface area contributed by atoms with Crippen molar-refractivity contribution >= 4 is 65.2 Å². The summed E-state index contributed by atoms with van der Waals surface area (Å²) in [7, 11) is -7.84. The number of sulfonamides is 2. The number of Topliss-reactive ketones (excluding diaryl/α,β-unsaturated/α-hetero) is 1. The summed E-state index contributed by atoms with van der Waals surface area (Å²) < 4.78 is 61.5. The molecule has 2 N–H and O–H groups in total. The molecule has 3 fully saturated rings. The highest BCUT2D eigenvalue weighted by Gasteiger charge is 2.62. The molecule has 4 aliphatic heterocycles. The van der Waals surface area contributed by atoms with Gasteiger partial charge < -0.3 is 15.0 Å². The minimum Gasteiger partial charge on any atom is -0.372 e. The molecule has 5 atom stereocenters. The summed E-state index contributed by atoms with van der Waals surface area (Å²) in [6.07, 6.45) is 1.94. The maximum atomic E-state index is 13.8. The maximum absolute atomic E-state index is 13.8. The zero-order valence-corrected chi connectivity index (χ0v) is 22.2. The fourth-order valence-corrected chi connectivity index (χ4v) is 9.29. The number of hydrogen-bond acceptors (Lipinski definition) is 10. The Labute approximate surface area is 215 Å². The number of hydrogen-bond donors (Lipinski definition) is 2. The second kappa shape index (κ2) is 8.43. The van der Waals surface area contributed by atoms with E-state index < -0.39 is 37.8 Å². The van der Waals surface area contributed by atoms with E-state index in [-0.39, 0.29) is 51.9 Å². The first-order valence-electron chi connectivity index (χ1n) is 11.2. The maximum Gasteiger partial charge on any atom is 0.287 e. The molecule has 5 unspecified atom stereocenters. The molecule has 36 heavy (non-hydrogen) atoms. The van der Waals surface area contributed by atoms with Crippen LogP contribution in [0.5, 0.6) is 0 Å². The van der Waals surface area contributed by atoms with E-state index in [1.165, 1.54) is 16.7 Å². The number of anilines is 1. The molecule has 0 aromatic carbocycles. The quantitative estimate of drug-likeness (QED) is 0.491. The first kappa shape index (κ1) is 24.2. The Morgan fingerprint density at radius 2 is 2.03 bits per heavy atom. The Hall–Kier alpha value is -2.17. The van der Waals surface area contributed by atoms with E-state index >= 15 is 0 Å². The molecule has 3 saturated heterocycles. The number of rotatable bonds is 6. The lowest BCUT2D eigenvalue weighted by molar-refractivity contribution is -0.151. The van der Waals surface area contributed by atoms with Crippen LogP contribution in [-0.4, -0.2) is 63.8 Å². The average Bonchev–Trinajstić information content (AvgIpc) is 3.58. The Bertz CT molecular complexity index is 1500. The number of likely N-dealkylation sites (tertiary alicyclic amines) is 1. The van der Waals surface area contributed by atoms with Crippen molar-refractivity contribution in [1.29, 1.82) is 0 Å². The minimum absolute atomic E-state index is 0.153. The van der Waals surface area contributed by atoms with Gasteiger partial charge in [-0.05, 0) is 40.6 Å². The van der Waals surface area contributed by atoms with Crippen molar-refractivity contribution in [3.8, 4) is 0 Å². The highest BCUT2D eigenvalue weighted by molar-refractivity contribution is 7.91. The lowest BCUT2D eigenvalue weighted by Crippen LogP contribution is -2.62. The van der Waals surface area contributed by atoms with Crippen molar-refractivity contribution < 1.29 is 31.2 Å². The number of fused-ring (bicyclic) bond motifs is 6. The van der Waals surface area contributed by atoms with Gasteiger partial charge >= 0.3 is 0 Å². The van der Waals surface area contributed by atoms with E-state index in [0.717, 1.165) is 36.0 Å². The van der Waals surface area contributed by atoms with Crippen LogP contribution >= 0.6 is 22.7 Å². The molecule has 192 valence electrons. The van der Waals surface area contributed by atoms with Crippen LogP contribution in [0.15, 0.2) is 31.5 Å². The number of ketones is 1. The molecule has 2 aromatic heterocycles. The van der Waals surface area contributed by atoms with Gasteiger partial charge in [-0.15, -0.1) is 15.7 Å². The minimum atomic E-state index is -4.29. The topological polar surface area (TPSA) is 151 Å². The zero-order chi connectivity index (χ0) is 25.4. The van der Waals surface area contributed by atoms with Crippen LogP contribution in [0.25, 0.3) is 0 Å². The largest absolute Gasteiger partial charge is 0.372 e. The van der Waals surface area contributed by atoms with Crippen molar-refractivity contribution in [3.05, 3.63) is 33.3 Å². The van der Waals surface area contributed by atoms with Crippen molar-refractivity contribution in [2.45, 2.75) is 49.1 Å². The van der Waals surface area contributed by atoms with Gasteiger partial charge in [0.25, 0.3) is 10.0 Å². The number of nitrogens with one attached hydrogen (secondary N) is 2. The van der Waals surface area contributed by atoms with Crippen molar-refractivity contribution in [1.82, 2.24) is 9.62 Å². The fraction of sp³-hybridized carbons (Fsp3) is 0.476. The normalized spacial score (nSPS) is 30.6. The number of amidine groups is 1. The summed E-state index contributed by atoms with van der Waals surface area (Å²) in [5, 5.41) is 8.47. The van der Waals surface area contributed by atoms with E-state index in [4.69, 9.17) is 4.74 Å². The third kappa shape index (κ3) is 3.92. The van der Waals surface area contributed by atoms with E-state index in [2.05, 4.69) is 14.4 Å². The molecular formula is C21H22N4O7S4. The molecule has 0 spiro atoms. The average molecular weight is 571 g/mol. The molecule has 2 aromatic rings. The van der Waals surface area contributed by atoms with Crippen molar-refractivity contribution in [2.75, 3.05) is 11.6 Å². The van der Waals surface area contributed by atoms with E-state index in [1.807, 2.05) is 16.8 Å². The molecule has 11 nitrogen and oxygen atoms in total. The van der Waals surface area contributed by atoms with Gasteiger partial charge in [0.1, 0.15) is 15.7 Å². The summed E-state index contributed by atoms with van der Waals surface area (Å²) >= 11 is 2.55.